The van der Waals surface area contributed by atoms with Crippen molar-refractivity contribution in [1.29, 1.82) is 0 Å². The lowest BCUT2D eigenvalue weighted by atomic mass is 9.93. The van der Waals surface area contributed by atoms with E-state index in [0.29, 0.717) is 22.7 Å². The first-order valence-corrected chi connectivity index (χ1v) is 23.3. The number of thiophene rings is 2. The summed E-state index contributed by atoms with van der Waals surface area (Å²) in [7, 11) is -9.45. The van der Waals surface area contributed by atoms with E-state index in [0.717, 1.165) is 21.5 Å². The molecule has 61 heavy (non-hydrogen) atoms. The van der Waals surface area contributed by atoms with Crippen LogP contribution in [0.3, 0.4) is 0 Å². The van der Waals surface area contributed by atoms with Gasteiger partial charge in [-0.3, -0.25) is 9.11 Å². The van der Waals surface area contributed by atoms with Gasteiger partial charge in [0, 0.05) is 22.2 Å². The summed E-state index contributed by atoms with van der Waals surface area (Å²) < 4.78 is 169. The average molecular weight is 1010 g/mol. The summed E-state index contributed by atoms with van der Waals surface area (Å²) in [6.45, 7) is 0. The van der Waals surface area contributed by atoms with Crippen molar-refractivity contribution in [3.63, 3.8) is 0 Å². The number of unbranched alkanes of at least 4 members (excludes halogenated alkanes) is 2. The number of hydrogen-bond donors (Lipinski definition) is 2. The highest BCUT2D eigenvalue weighted by Gasteiger charge is 2.46. The van der Waals surface area contributed by atoms with E-state index in [1.807, 2.05) is 0 Å². The van der Waals surface area contributed by atoms with Crippen molar-refractivity contribution in [2.24, 2.45) is 0 Å². The maximum absolute atomic E-state index is 14.9. The molecule has 0 fully saturated rings. The molecular weight excluding hydrogens is 988 g/mol. The van der Waals surface area contributed by atoms with Gasteiger partial charge >= 0.3 is 32.6 Å². The second kappa shape index (κ2) is 15.6. The molecule has 0 spiro atoms. The van der Waals surface area contributed by atoms with Crippen molar-refractivity contribution < 1.29 is 61.1 Å². The lowest BCUT2D eigenvalue weighted by molar-refractivity contribution is -0.153. The van der Waals surface area contributed by atoms with Gasteiger partial charge in [0.15, 0.2) is 19.6 Å². The van der Waals surface area contributed by atoms with Crippen LogP contribution in [0.4, 0.5) is 26.3 Å². The molecular formula is C35H22Cl4F6N4O8S4. The fourth-order valence-electron chi connectivity index (χ4n) is 7.00. The first kappa shape index (κ1) is 44.0. The van der Waals surface area contributed by atoms with Gasteiger partial charge in [-0.1, -0.05) is 65.7 Å². The topological polar surface area (TPSA) is 171 Å². The maximum Gasteiger partial charge on any atom is 0.397 e. The molecule has 0 amide bonds. The Morgan fingerprint density at radius 1 is 0.623 bits per heavy atom. The molecule has 6 heterocycles. The van der Waals surface area contributed by atoms with E-state index < -0.39 is 77.1 Å². The number of benzene rings is 2. The van der Waals surface area contributed by atoms with Crippen molar-refractivity contribution >= 4 is 132 Å². The van der Waals surface area contributed by atoms with Crippen molar-refractivity contribution in [2.75, 3.05) is 0 Å². The van der Waals surface area contributed by atoms with Crippen LogP contribution in [0.2, 0.25) is 20.1 Å². The Morgan fingerprint density at radius 3 is 1.33 bits per heavy atom. The zero-order chi connectivity index (χ0) is 44.1. The number of rotatable bonds is 12. The molecule has 0 radical (unpaired) electrons. The highest BCUT2D eigenvalue weighted by atomic mass is 35.5. The standard InChI is InChI=1S/C35H22Cl4F6N4O8S4/c36-14-6-8-20(18(38)10-14)48-28-30(56-22-12-24(58-32(22)28)60(50,51)52)26(46-48)16(34(40,41)42)4-2-1-3-5-17(35(43,44)45)27-31-29(33-23(57-31)13-25(59-33)61(53,54)55)49(47-27)21-9-7-15(37)11-19(21)39/h6-13,16-17H,1-5H2,(H,50,51,52)(H,53,54,55). The smallest absolute Gasteiger partial charge is 0.397 e. The molecule has 0 bridgehead atoms. The van der Waals surface area contributed by atoms with Gasteiger partial charge in [0.05, 0.1) is 21.4 Å². The third-order valence-corrected chi connectivity index (χ3v) is 15.6. The van der Waals surface area contributed by atoms with Gasteiger partial charge in [0.1, 0.15) is 54.8 Å². The molecule has 2 unspecified atom stereocenters. The Hall–Kier alpha value is -3.58. The van der Waals surface area contributed by atoms with Gasteiger partial charge in [0.2, 0.25) is 0 Å². The Labute approximate surface area is 366 Å². The molecule has 26 heteroatoms. The van der Waals surface area contributed by atoms with Gasteiger partial charge < -0.3 is 8.83 Å². The second-order valence-electron chi connectivity index (χ2n) is 13.6. The van der Waals surface area contributed by atoms with Crippen LogP contribution in [0, 0.1) is 0 Å². The zero-order valence-corrected chi connectivity index (χ0v) is 36.1. The van der Waals surface area contributed by atoms with E-state index in [4.69, 9.17) is 55.2 Å². The van der Waals surface area contributed by atoms with E-state index in [1.165, 1.54) is 36.4 Å². The molecule has 8 rings (SSSR count). The highest BCUT2D eigenvalue weighted by Crippen LogP contribution is 2.49. The molecule has 0 aliphatic rings. The van der Waals surface area contributed by atoms with E-state index in [2.05, 4.69) is 10.2 Å². The van der Waals surface area contributed by atoms with E-state index >= 15 is 0 Å². The van der Waals surface area contributed by atoms with Crippen molar-refractivity contribution in [2.45, 2.75) is 64.7 Å². The molecule has 0 aliphatic carbocycles. The van der Waals surface area contributed by atoms with Gasteiger partial charge in [-0.2, -0.15) is 53.4 Å². The third-order valence-electron chi connectivity index (χ3n) is 9.66. The number of aromatic nitrogens is 4. The first-order valence-electron chi connectivity index (χ1n) is 17.3. The van der Waals surface area contributed by atoms with Gasteiger partial charge in [0.25, 0.3) is 0 Å². The Balaban J connectivity index is 1.11. The van der Waals surface area contributed by atoms with Crippen LogP contribution in [0.5, 0.6) is 0 Å². The average Bonchev–Trinajstić information content (AvgIpc) is 3.95. The summed E-state index contributed by atoms with van der Waals surface area (Å²) in [5.41, 5.74) is -2.23. The number of nitrogens with zero attached hydrogens (tertiary/aromatic N) is 4. The number of furan rings is 2. The number of fused-ring (bicyclic) bond motifs is 6. The monoisotopic (exact) mass is 1010 g/mol. The Morgan fingerprint density at radius 2 is 1.00 bits per heavy atom. The van der Waals surface area contributed by atoms with E-state index in [-0.39, 0.29) is 93.5 Å². The van der Waals surface area contributed by atoms with Crippen LogP contribution >= 0.6 is 69.1 Å². The largest absolute Gasteiger partial charge is 0.451 e. The van der Waals surface area contributed by atoms with Crippen LogP contribution in [0.15, 0.2) is 65.8 Å². The number of hydrogen-bond acceptors (Lipinski definition) is 10. The summed E-state index contributed by atoms with van der Waals surface area (Å²) in [6, 6.07) is 10.1. The van der Waals surface area contributed by atoms with Crippen LogP contribution < -0.4 is 0 Å². The van der Waals surface area contributed by atoms with Gasteiger partial charge in [-0.05, 0) is 49.2 Å². The Kier molecular flexibility index (Phi) is 11.3. The molecule has 0 saturated heterocycles. The predicted octanol–water partition coefficient (Wildman–Crippen LogP) is 13.0. The minimum Gasteiger partial charge on any atom is -0.451 e. The molecule has 0 aliphatic heterocycles. The molecule has 12 nitrogen and oxygen atoms in total. The minimum absolute atomic E-state index is 0.0252. The maximum atomic E-state index is 14.9. The molecule has 2 aromatic carbocycles. The quantitative estimate of drug-likeness (QED) is 0.0682. The fourth-order valence-corrected chi connectivity index (χ4v) is 11.5. The minimum atomic E-state index is -4.95. The van der Waals surface area contributed by atoms with Crippen molar-refractivity contribution in [1.82, 2.24) is 19.6 Å². The van der Waals surface area contributed by atoms with Crippen LogP contribution in [-0.4, -0.2) is 57.9 Å². The summed E-state index contributed by atoms with van der Waals surface area (Å²) in [4.78, 5) is 0. The predicted molar refractivity (Wildman–Crippen MR) is 218 cm³/mol. The lowest BCUT2D eigenvalue weighted by Crippen LogP contribution is -2.22. The van der Waals surface area contributed by atoms with Gasteiger partial charge in [-0.15, -0.1) is 22.7 Å². The number of halogens is 10. The highest BCUT2D eigenvalue weighted by molar-refractivity contribution is 7.88. The molecule has 8 aromatic rings. The van der Waals surface area contributed by atoms with Crippen LogP contribution in [-0.2, 0) is 20.2 Å². The molecule has 0 saturated carbocycles. The van der Waals surface area contributed by atoms with Crippen molar-refractivity contribution in [3.8, 4) is 11.4 Å². The van der Waals surface area contributed by atoms with E-state index in [1.54, 1.807) is 0 Å². The lowest BCUT2D eigenvalue weighted by Gasteiger charge is -2.20. The summed E-state index contributed by atoms with van der Waals surface area (Å²) >= 11 is 26.0. The van der Waals surface area contributed by atoms with E-state index in [9.17, 15) is 52.3 Å². The number of alkyl halides is 6. The fraction of sp³-hybridized carbons (Fsp3) is 0.257. The van der Waals surface area contributed by atoms with Crippen molar-refractivity contribution in [3.05, 3.63) is 80.0 Å². The Bertz CT molecular complexity index is 3050. The first-order chi connectivity index (χ1) is 28.4. The SMILES string of the molecule is O=S(=O)(O)c1cc2oc3c(C(CCCCCC(c4nn(-c5ccc(Cl)cc5Cl)c5c4oc4cc(S(=O)(=O)O)sc45)C(F)(F)F)C(F)(F)F)nn(-c4ccc(Cl)cc4Cl)c3c2s1. The van der Waals surface area contributed by atoms with Crippen LogP contribution in [0.1, 0.15) is 55.3 Å². The summed E-state index contributed by atoms with van der Waals surface area (Å²) in [5.74, 6) is -4.63. The normalized spacial score (nSPS) is 14.4. The molecule has 6 aromatic heterocycles. The third kappa shape index (κ3) is 8.24. The van der Waals surface area contributed by atoms with Crippen LogP contribution in [0.25, 0.3) is 54.1 Å². The van der Waals surface area contributed by atoms with Gasteiger partial charge in [-0.25, -0.2) is 9.36 Å². The molecule has 2 atom stereocenters. The molecule has 324 valence electrons. The second-order valence-corrected chi connectivity index (χ2v) is 20.7. The summed E-state index contributed by atoms with van der Waals surface area (Å²) in [5, 5.41) is 8.81. The molecule has 2 N–H and O–H groups in total. The zero-order valence-electron chi connectivity index (χ0n) is 29.9. The summed E-state index contributed by atoms with van der Waals surface area (Å²) in [6.07, 6.45) is -11.8.